The fourth-order valence-corrected chi connectivity index (χ4v) is 7.53. The number of benzene rings is 1. The highest BCUT2D eigenvalue weighted by Gasteiger charge is 2.33. The summed E-state index contributed by atoms with van der Waals surface area (Å²) in [6, 6.07) is 4.95. The Hall–Kier alpha value is -0.470. The molecule has 9 heteroatoms. The number of nitrogens with zero attached hydrogens (tertiary/aromatic N) is 1. The van der Waals surface area contributed by atoms with Gasteiger partial charge in [-0.1, -0.05) is 42.1 Å². The van der Waals surface area contributed by atoms with Gasteiger partial charge in [-0.25, -0.2) is 12.7 Å². The SMILES string of the molecule is O=C(NCCSC1CCCC1)[C@@H]1CCCN(S(=O)(=O)Cc2c(Cl)cccc2Cl)C1. The average molecular weight is 479 g/mol. The molecule has 0 bridgehead atoms. The first-order valence-electron chi connectivity index (χ1n) is 10.2. The summed E-state index contributed by atoms with van der Waals surface area (Å²) < 4.78 is 27.2. The molecular formula is C20H28Cl2N2O3S2. The van der Waals surface area contributed by atoms with Crippen LogP contribution in [-0.2, 0) is 20.6 Å². The Labute approximate surface area is 187 Å². The Bertz CT molecular complexity index is 794. The van der Waals surface area contributed by atoms with Gasteiger partial charge in [-0.3, -0.25) is 4.79 Å². The van der Waals surface area contributed by atoms with Crippen molar-refractivity contribution in [2.45, 2.75) is 49.5 Å². The van der Waals surface area contributed by atoms with Gasteiger partial charge in [0, 0.05) is 46.2 Å². The molecule has 1 amide bonds. The first-order valence-corrected chi connectivity index (χ1v) is 13.6. The normalized spacial score (nSPS) is 21.4. The second-order valence-electron chi connectivity index (χ2n) is 7.72. The molecule has 0 spiro atoms. The van der Waals surface area contributed by atoms with Crippen molar-refractivity contribution in [1.29, 1.82) is 0 Å². The topological polar surface area (TPSA) is 66.5 Å². The third-order valence-corrected chi connectivity index (χ3v) is 9.46. The van der Waals surface area contributed by atoms with Gasteiger partial charge in [0.15, 0.2) is 0 Å². The first-order chi connectivity index (χ1) is 13.9. The number of hydrogen-bond acceptors (Lipinski definition) is 4. The van der Waals surface area contributed by atoms with Crippen molar-refractivity contribution in [3.63, 3.8) is 0 Å². The van der Waals surface area contributed by atoms with Crippen LogP contribution in [0.5, 0.6) is 0 Å². The Morgan fingerprint density at radius 2 is 1.83 bits per heavy atom. The second kappa shape index (κ2) is 10.7. The Morgan fingerprint density at radius 1 is 1.14 bits per heavy atom. The van der Waals surface area contributed by atoms with Crippen LogP contribution in [0.15, 0.2) is 18.2 Å². The molecule has 1 aliphatic carbocycles. The molecule has 3 rings (SSSR count). The van der Waals surface area contributed by atoms with Crippen molar-refractivity contribution in [2.75, 3.05) is 25.4 Å². The van der Waals surface area contributed by atoms with Crippen LogP contribution >= 0.6 is 35.0 Å². The van der Waals surface area contributed by atoms with Crippen molar-refractivity contribution >= 4 is 50.9 Å². The fourth-order valence-electron chi connectivity index (χ4n) is 3.95. The van der Waals surface area contributed by atoms with Crippen LogP contribution in [-0.4, -0.2) is 49.3 Å². The molecule has 1 atom stereocenters. The number of amides is 1. The van der Waals surface area contributed by atoms with Crippen molar-refractivity contribution in [3.05, 3.63) is 33.8 Å². The molecule has 1 aliphatic heterocycles. The molecule has 29 heavy (non-hydrogen) atoms. The third kappa shape index (κ3) is 6.50. The highest BCUT2D eigenvalue weighted by atomic mass is 35.5. The molecule has 5 nitrogen and oxygen atoms in total. The minimum absolute atomic E-state index is 0.0484. The van der Waals surface area contributed by atoms with E-state index in [1.54, 1.807) is 18.2 Å². The van der Waals surface area contributed by atoms with Gasteiger partial charge in [0.25, 0.3) is 0 Å². The Kier molecular flexibility index (Phi) is 8.57. The van der Waals surface area contributed by atoms with Crippen molar-refractivity contribution < 1.29 is 13.2 Å². The van der Waals surface area contributed by atoms with Crippen molar-refractivity contribution in [2.24, 2.45) is 5.92 Å². The van der Waals surface area contributed by atoms with E-state index in [2.05, 4.69) is 5.32 Å². The lowest BCUT2D eigenvalue weighted by atomic mass is 9.99. The molecular weight excluding hydrogens is 451 g/mol. The van der Waals surface area contributed by atoms with Crippen molar-refractivity contribution in [3.8, 4) is 0 Å². The van der Waals surface area contributed by atoms with Gasteiger partial charge in [0.2, 0.25) is 15.9 Å². The molecule has 1 saturated heterocycles. The zero-order valence-electron chi connectivity index (χ0n) is 16.4. The minimum Gasteiger partial charge on any atom is -0.355 e. The number of hydrogen-bond donors (Lipinski definition) is 1. The molecule has 0 aromatic heterocycles. The van der Waals surface area contributed by atoms with Gasteiger partial charge in [-0.15, -0.1) is 0 Å². The van der Waals surface area contributed by atoms with Crippen molar-refractivity contribution in [1.82, 2.24) is 9.62 Å². The molecule has 2 aliphatic rings. The molecule has 0 radical (unpaired) electrons. The van der Waals surface area contributed by atoms with Crippen LogP contribution < -0.4 is 5.32 Å². The average Bonchev–Trinajstić information content (AvgIpc) is 3.22. The molecule has 1 aromatic rings. The zero-order valence-corrected chi connectivity index (χ0v) is 19.6. The summed E-state index contributed by atoms with van der Waals surface area (Å²) in [6.45, 7) is 1.27. The Morgan fingerprint density at radius 3 is 2.52 bits per heavy atom. The number of carbonyl (C=O) groups excluding carboxylic acids is 1. The number of rotatable bonds is 8. The predicted octanol–water partition coefficient (Wildman–Crippen LogP) is 4.33. The van der Waals surface area contributed by atoms with E-state index in [4.69, 9.17) is 23.2 Å². The minimum atomic E-state index is -3.60. The lowest BCUT2D eigenvalue weighted by molar-refractivity contribution is -0.125. The lowest BCUT2D eigenvalue weighted by Crippen LogP contribution is -2.46. The van der Waals surface area contributed by atoms with E-state index in [0.717, 1.165) is 11.0 Å². The highest BCUT2D eigenvalue weighted by Crippen LogP contribution is 2.30. The van der Waals surface area contributed by atoms with E-state index in [0.29, 0.717) is 41.5 Å². The smallest absolute Gasteiger partial charge is 0.224 e. The van der Waals surface area contributed by atoms with Gasteiger partial charge in [0.05, 0.1) is 11.7 Å². The van der Waals surface area contributed by atoms with Gasteiger partial charge < -0.3 is 5.32 Å². The van der Waals surface area contributed by atoms with E-state index >= 15 is 0 Å². The maximum Gasteiger partial charge on any atom is 0.224 e. The van der Waals surface area contributed by atoms with Crippen LogP contribution in [0.4, 0.5) is 0 Å². The maximum atomic E-state index is 12.9. The van der Waals surface area contributed by atoms with Crippen LogP contribution in [0.2, 0.25) is 10.0 Å². The highest BCUT2D eigenvalue weighted by molar-refractivity contribution is 7.99. The number of thioether (sulfide) groups is 1. The second-order valence-corrected chi connectivity index (χ2v) is 11.9. The largest absolute Gasteiger partial charge is 0.355 e. The fraction of sp³-hybridized carbons (Fsp3) is 0.650. The monoisotopic (exact) mass is 478 g/mol. The molecule has 162 valence electrons. The van der Waals surface area contributed by atoms with Gasteiger partial charge in [-0.2, -0.15) is 11.8 Å². The van der Waals surface area contributed by atoms with Crippen LogP contribution in [0.3, 0.4) is 0 Å². The number of nitrogens with one attached hydrogen (secondary N) is 1. The van der Waals surface area contributed by atoms with Crippen LogP contribution in [0, 0.1) is 5.92 Å². The van der Waals surface area contributed by atoms with Gasteiger partial charge in [-0.05, 0) is 37.8 Å². The summed E-state index contributed by atoms with van der Waals surface area (Å²) >= 11 is 14.2. The molecule has 2 fully saturated rings. The Balaban J connectivity index is 1.51. The quantitative estimate of drug-likeness (QED) is 0.564. The third-order valence-electron chi connectivity index (χ3n) is 5.59. The van der Waals surface area contributed by atoms with Gasteiger partial charge in [0.1, 0.15) is 0 Å². The van der Waals surface area contributed by atoms with E-state index in [9.17, 15) is 13.2 Å². The number of sulfonamides is 1. The molecule has 1 heterocycles. The first kappa shape index (κ1) is 23.2. The standard InChI is InChI=1S/C20H28Cl2N2O3S2/c21-18-8-3-9-19(22)17(18)14-29(26,27)24-11-4-5-15(13-24)20(25)23-10-12-28-16-6-1-2-7-16/h3,8-9,15-16H,1-2,4-7,10-14H2,(H,23,25)/t15-/m1/s1. The predicted molar refractivity (Wildman–Crippen MR) is 121 cm³/mol. The number of piperidine rings is 1. The molecule has 1 aromatic carbocycles. The number of halogens is 2. The van der Waals surface area contributed by atoms with E-state index < -0.39 is 10.0 Å². The summed E-state index contributed by atoms with van der Waals surface area (Å²) in [7, 11) is -3.60. The van der Waals surface area contributed by atoms with E-state index in [1.807, 2.05) is 11.8 Å². The maximum absolute atomic E-state index is 12.9. The summed E-state index contributed by atoms with van der Waals surface area (Å²) in [6.07, 6.45) is 6.57. The van der Waals surface area contributed by atoms with E-state index in [-0.39, 0.29) is 24.1 Å². The lowest BCUT2D eigenvalue weighted by Gasteiger charge is -2.31. The number of carbonyl (C=O) groups is 1. The summed E-state index contributed by atoms with van der Waals surface area (Å²) in [5, 5.41) is 4.41. The summed E-state index contributed by atoms with van der Waals surface area (Å²) in [5.41, 5.74) is 0.409. The summed E-state index contributed by atoms with van der Waals surface area (Å²) in [4.78, 5) is 12.5. The summed E-state index contributed by atoms with van der Waals surface area (Å²) in [5.74, 6) is 0.304. The molecule has 1 N–H and O–H groups in total. The van der Waals surface area contributed by atoms with Crippen LogP contribution in [0.25, 0.3) is 0 Å². The van der Waals surface area contributed by atoms with Crippen LogP contribution in [0.1, 0.15) is 44.1 Å². The molecule has 0 unspecified atom stereocenters. The molecule has 1 saturated carbocycles. The van der Waals surface area contributed by atoms with E-state index in [1.165, 1.54) is 30.0 Å². The zero-order chi connectivity index (χ0) is 20.9. The van der Waals surface area contributed by atoms with Gasteiger partial charge >= 0.3 is 0 Å².